The van der Waals surface area contributed by atoms with Gasteiger partial charge in [-0.15, -0.1) is 0 Å². The van der Waals surface area contributed by atoms with Crippen molar-refractivity contribution in [1.29, 1.82) is 0 Å². The van der Waals surface area contributed by atoms with Crippen LogP contribution in [0.2, 0.25) is 0 Å². The summed E-state index contributed by atoms with van der Waals surface area (Å²) in [6.45, 7) is 6.41. The van der Waals surface area contributed by atoms with Crippen molar-refractivity contribution < 1.29 is 24.9 Å². The van der Waals surface area contributed by atoms with Crippen LogP contribution in [0.25, 0.3) is 11.1 Å². The topological polar surface area (TPSA) is 123 Å². The van der Waals surface area contributed by atoms with Crippen LogP contribution in [0.3, 0.4) is 0 Å². The summed E-state index contributed by atoms with van der Waals surface area (Å²) >= 11 is 0. The summed E-state index contributed by atoms with van der Waals surface area (Å²) in [7, 11) is 0. The SMILES string of the molecule is CCC(c1ccccc1)N1Cc2cc(O)c(O)cc2CC1C(=O)NC(Cc1ccc(-c2ccnc(C)c2C)cc1)C(=O)O. The van der Waals surface area contributed by atoms with Crippen LogP contribution < -0.4 is 5.32 Å². The Kier molecular flexibility index (Phi) is 8.78. The fraction of sp³-hybridized carbons (Fsp3) is 0.286. The maximum Gasteiger partial charge on any atom is 0.326 e. The summed E-state index contributed by atoms with van der Waals surface area (Å²) < 4.78 is 0. The summed E-state index contributed by atoms with van der Waals surface area (Å²) in [4.78, 5) is 32.7. The number of carboxylic acids is 1. The van der Waals surface area contributed by atoms with E-state index in [1.165, 1.54) is 6.07 Å². The minimum Gasteiger partial charge on any atom is -0.504 e. The first-order valence-electron chi connectivity index (χ1n) is 14.5. The molecule has 1 aromatic heterocycles. The number of aliphatic carboxylic acids is 1. The Morgan fingerprint density at radius 2 is 1.65 bits per heavy atom. The molecule has 0 aliphatic carbocycles. The number of phenolic OH excluding ortho intramolecular Hbond substituents is 2. The molecule has 0 saturated heterocycles. The van der Waals surface area contributed by atoms with E-state index in [2.05, 4.69) is 22.1 Å². The standard InChI is InChI=1S/C35H37N3O5/c1-4-30(25-8-6-5-7-9-25)38-20-27-19-33(40)32(39)18-26(27)17-31(38)34(41)37-29(35(42)43)16-23-10-12-24(13-11-23)28-14-15-36-22(3)21(28)2/h5-15,18-19,29-31,39-40H,4,16-17,20H2,1-3H3,(H,37,41)(H,42,43). The molecule has 1 aliphatic rings. The normalized spacial score (nSPS) is 16.2. The number of amides is 1. The smallest absolute Gasteiger partial charge is 0.326 e. The third-order valence-corrected chi connectivity index (χ3v) is 8.51. The van der Waals surface area contributed by atoms with E-state index in [1.807, 2.05) is 74.5 Å². The minimum absolute atomic E-state index is 0.114. The lowest BCUT2D eigenvalue weighted by atomic mass is 9.89. The van der Waals surface area contributed by atoms with Crippen LogP contribution in [-0.4, -0.2) is 49.2 Å². The first-order chi connectivity index (χ1) is 20.7. The second-order valence-electron chi connectivity index (χ2n) is 11.2. The molecular weight excluding hydrogens is 542 g/mol. The average Bonchev–Trinajstić information content (AvgIpc) is 3.00. The molecule has 5 rings (SSSR count). The predicted molar refractivity (Wildman–Crippen MR) is 165 cm³/mol. The molecule has 4 N–H and O–H groups in total. The van der Waals surface area contributed by atoms with Gasteiger partial charge in [-0.3, -0.25) is 14.7 Å². The van der Waals surface area contributed by atoms with Crippen LogP contribution >= 0.6 is 0 Å². The van der Waals surface area contributed by atoms with E-state index >= 15 is 0 Å². The summed E-state index contributed by atoms with van der Waals surface area (Å²) in [5, 5.41) is 33.2. The van der Waals surface area contributed by atoms with Crippen molar-refractivity contribution in [1.82, 2.24) is 15.2 Å². The molecule has 8 heteroatoms. The Morgan fingerprint density at radius 1 is 0.977 bits per heavy atom. The maximum atomic E-state index is 13.9. The van der Waals surface area contributed by atoms with Gasteiger partial charge in [0.25, 0.3) is 0 Å². The van der Waals surface area contributed by atoms with E-state index in [-0.39, 0.29) is 36.3 Å². The monoisotopic (exact) mass is 579 g/mol. The van der Waals surface area contributed by atoms with Crippen molar-refractivity contribution in [3.8, 4) is 22.6 Å². The van der Waals surface area contributed by atoms with Gasteiger partial charge in [0.2, 0.25) is 5.91 Å². The van der Waals surface area contributed by atoms with Gasteiger partial charge in [0.1, 0.15) is 6.04 Å². The Bertz CT molecular complexity index is 1620. The molecule has 3 unspecified atom stereocenters. The number of carbonyl (C=O) groups excluding carboxylic acids is 1. The predicted octanol–water partition coefficient (Wildman–Crippen LogP) is 5.47. The lowest BCUT2D eigenvalue weighted by molar-refractivity contribution is -0.143. The second-order valence-corrected chi connectivity index (χ2v) is 11.2. The summed E-state index contributed by atoms with van der Waals surface area (Å²) in [6, 6.07) is 20.7. The maximum absolute atomic E-state index is 13.9. The number of pyridine rings is 1. The number of nitrogens with zero attached hydrogens (tertiary/aromatic N) is 2. The zero-order chi connectivity index (χ0) is 30.7. The lowest BCUT2D eigenvalue weighted by Gasteiger charge is -2.41. The van der Waals surface area contributed by atoms with Crippen LogP contribution in [-0.2, 0) is 29.0 Å². The van der Waals surface area contributed by atoms with E-state index < -0.39 is 18.1 Å². The van der Waals surface area contributed by atoms with Gasteiger partial charge >= 0.3 is 5.97 Å². The van der Waals surface area contributed by atoms with Crippen LogP contribution in [0.5, 0.6) is 11.5 Å². The van der Waals surface area contributed by atoms with Crippen molar-refractivity contribution in [3.63, 3.8) is 0 Å². The molecular formula is C35H37N3O5. The fourth-order valence-electron chi connectivity index (χ4n) is 6.02. The number of fused-ring (bicyclic) bond motifs is 1. The van der Waals surface area contributed by atoms with Crippen molar-refractivity contribution >= 4 is 11.9 Å². The number of rotatable bonds is 9. The Hall–Kier alpha value is -4.69. The number of nitrogens with one attached hydrogen (secondary N) is 1. The number of aromatic nitrogens is 1. The number of hydrogen-bond acceptors (Lipinski definition) is 6. The van der Waals surface area contributed by atoms with Gasteiger partial charge in [0.05, 0.1) is 6.04 Å². The van der Waals surface area contributed by atoms with Gasteiger partial charge < -0.3 is 20.6 Å². The van der Waals surface area contributed by atoms with Gasteiger partial charge in [-0.1, -0.05) is 61.5 Å². The molecule has 4 aromatic rings. The van der Waals surface area contributed by atoms with E-state index in [0.717, 1.165) is 51.1 Å². The molecule has 1 amide bonds. The number of hydrogen-bond donors (Lipinski definition) is 4. The van der Waals surface area contributed by atoms with E-state index in [1.54, 1.807) is 12.3 Å². The van der Waals surface area contributed by atoms with E-state index in [9.17, 15) is 24.9 Å². The number of carbonyl (C=O) groups is 2. The minimum atomic E-state index is -1.13. The molecule has 1 aliphatic heterocycles. The third kappa shape index (κ3) is 6.39. The van der Waals surface area contributed by atoms with Gasteiger partial charge in [0.15, 0.2) is 11.5 Å². The first kappa shape index (κ1) is 29.8. The van der Waals surface area contributed by atoms with Crippen LogP contribution in [0.4, 0.5) is 0 Å². The summed E-state index contributed by atoms with van der Waals surface area (Å²) in [5.74, 6) is -1.95. The molecule has 3 atom stereocenters. The molecule has 0 spiro atoms. The molecule has 0 bridgehead atoms. The number of aryl methyl sites for hydroxylation is 1. The second kappa shape index (κ2) is 12.7. The van der Waals surface area contributed by atoms with Crippen LogP contribution in [0, 0.1) is 13.8 Å². The molecule has 43 heavy (non-hydrogen) atoms. The Balaban J connectivity index is 1.39. The van der Waals surface area contributed by atoms with Gasteiger partial charge in [-0.2, -0.15) is 0 Å². The largest absolute Gasteiger partial charge is 0.504 e. The van der Waals surface area contributed by atoms with Crippen LogP contribution in [0.15, 0.2) is 79.0 Å². The number of benzene rings is 3. The summed E-state index contributed by atoms with van der Waals surface area (Å²) in [5.41, 5.74) is 7.55. The highest BCUT2D eigenvalue weighted by Gasteiger charge is 2.38. The van der Waals surface area contributed by atoms with Crippen molar-refractivity contribution in [2.24, 2.45) is 0 Å². The quantitative estimate of drug-likeness (QED) is 0.194. The number of carboxylic acid groups (broad SMARTS) is 1. The Labute approximate surface area is 251 Å². The highest BCUT2D eigenvalue weighted by atomic mass is 16.4. The van der Waals surface area contributed by atoms with Gasteiger partial charge in [-0.25, -0.2) is 4.79 Å². The van der Waals surface area contributed by atoms with E-state index in [4.69, 9.17) is 0 Å². The first-order valence-corrected chi connectivity index (χ1v) is 14.5. The molecule has 0 radical (unpaired) electrons. The highest BCUT2D eigenvalue weighted by Crippen LogP contribution is 2.38. The molecule has 0 saturated carbocycles. The van der Waals surface area contributed by atoms with Gasteiger partial charge in [-0.05, 0) is 83.8 Å². The van der Waals surface area contributed by atoms with Crippen molar-refractivity contribution in [3.05, 3.63) is 113 Å². The molecule has 3 aromatic carbocycles. The number of aromatic hydroxyl groups is 2. The zero-order valence-corrected chi connectivity index (χ0v) is 24.6. The van der Waals surface area contributed by atoms with Gasteiger partial charge in [0, 0.05) is 30.9 Å². The fourth-order valence-corrected chi connectivity index (χ4v) is 6.02. The summed E-state index contributed by atoms with van der Waals surface area (Å²) in [6.07, 6.45) is 2.89. The third-order valence-electron chi connectivity index (χ3n) is 8.51. The molecule has 0 fully saturated rings. The molecule has 222 valence electrons. The van der Waals surface area contributed by atoms with Crippen molar-refractivity contribution in [2.75, 3.05) is 0 Å². The lowest BCUT2D eigenvalue weighted by Crippen LogP contribution is -2.55. The average molecular weight is 580 g/mol. The zero-order valence-electron chi connectivity index (χ0n) is 24.6. The van der Waals surface area contributed by atoms with Crippen molar-refractivity contribution in [2.45, 2.75) is 64.7 Å². The number of phenols is 2. The molecule has 2 heterocycles. The van der Waals surface area contributed by atoms with E-state index in [0.29, 0.717) is 6.54 Å². The molecule has 8 nitrogen and oxygen atoms in total. The Morgan fingerprint density at radius 3 is 2.30 bits per heavy atom. The van der Waals surface area contributed by atoms with Crippen LogP contribution in [0.1, 0.15) is 52.9 Å². The highest BCUT2D eigenvalue weighted by molar-refractivity contribution is 5.87.